The monoisotopic (exact) mass is 816 g/mol. The lowest BCUT2D eigenvalue weighted by atomic mass is 9.94. The van der Waals surface area contributed by atoms with Crippen LogP contribution in [0.15, 0.2) is 42.5 Å². The number of nitrogens with one attached hydrogen (secondary N) is 2. The lowest BCUT2D eigenvalue weighted by Crippen LogP contribution is -2.48. The van der Waals surface area contributed by atoms with Gasteiger partial charge in [-0.25, -0.2) is 22.8 Å². The minimum absolute atomic E-state index is 0.0247. The fraction of sp³-hybridized carbons (Fsp3) is 0.353. The summed E-state index contributed by atoms with van der Waals surface area (Å²) in [5.41, 5.74) is -0.132. The van der Waals surface area contributed by atoms with Gasteiger partial charge in [0.1, 0.15) is 39.6 Å². The molecule has 0 aliphatic heterocycles. The van der Waals surface area contributed by atoms with Crippen molar-refractivity contribution in [3.63, 3.8) is 0 Å². The third-order valence-electron chi connectivity index (χ3n) is 7.94. The summed E-state index contributed by atoms with van der Waals surface area (Å²) in [5, 5.41) is 27.3. The van der Waals surface area contributed by atoms with Crippen molar-refractivity contribution in [3.05, 3.63) is 76.1 Å². The van der Waals surface area contributed by atoms with Crippen LogP contribution >= 0.6 is 11.6 Å². The molecule has 3 atom stereocenters. The van der Waals surface area contributed by atoms with E-state index in [2.05, 4.69) is 32.6 Å². The van der Waals surface area contributed by atoms with Crippen LogP contribution in [0.2, 0.25) is 5.02 Å². The van der Waals surface area contributed by atoms with Crippen molar-refractivity contribution < 1.29 is 50.2 Å². The molecule has 0 aliphatic carbocycles. The summed E-state index contributed by atoms with van der Waals surface area (Å²) in [5.74, 6) is 3.30. The van der Waals surface area contributed by atoms with E-state index < -0.39 is 88.0 Å². The number of urea groups is 1. The maximum atomic E-state index is 14.3. The second kappa shape index (κ2) is 17.3. The van der Waals surface area contributed by atoms with Gasteiger partial charge in [0.05, 0.1) is 46.9 Å². The van der Waals surface area contributed by atoms with Gasteiger partial charge in [-0.1, -0.05) is 23.6 Å². The van der Waals surface area contributed by atoms with Crippen LogP contribution in [0, 0.1) is 23.5 Å². The number of fused-ring (bicyclic) bond motifs is 1. The zero-order valence-electron chi connectivity index (χ0n) is 29.0. The first-order valence-electron chi connectivity index (χ1n) is 15.7. The molecule has 0 bridgehead atoms. The van der Waals surface area contributed by atoms with Crippen LogP contribution in [-0.2, 0) is 39.5 Å². The van der Waals surface area contributed by atoms with Crippen LogP contribution in [0.4, 0.5) is 32.6 Å². The zero-order chi connectivity index (χ0) is 40.1. The number of anilines is 1. The van der Waals surface area contributed by atoms with Crippen LogP contribution < -0.4 is 14.9 Å². The second-order valence-corrected chi connectivity index (χ2v) is 15.9. The normalized spacial score (nSPS) is 13.6. The number of rotatable bonds is 13. The van der Waals surface area contributed by atoms with Crippen molar-refractivity contribution in [2.45, 2.75) is 49.8 Å². The van der Waals surface area contributed by atoms with Crippen molar-refractivity contribution in [2.24, 2.45) is 0 Å². The molecule has 0 saturated heterocycles. The van der Waals surface area contributed by atoms with Crippen molar-refractivity contribution in [1.29, 1.82) is 0 Å². The SMILES string of the molecule is CS(=O)N(C(=O)NC(CO)CO)c1nn(CC(F)(F)F)c2c(-c3ccc(C#CC(C)(C)S(C)=O)nc3C(Cc3cc(F)cc(F)c3)NC=O)ccc(Cl)c12. The van der Waals surface area contributed by atoms with Gasteiger partial charge in [0, 0.05) is 40.5 Å². The quantitative estimate of drug-likeness (QED) is 0.0882. The van der Waals surface area contributed by atoms with E-state index in [1.54, 1.807) is 13.8 Å². The smallest absolute Gasteiger partial charge is 0.394 e. The highest BCUT2D eigenvalue weighted by Crippen LogP contribution is 2.42. The van der Waals surface area contributed by atoms with Gasteiger partial charge >= 0.3 is 12.2 Å². The summed E-state index contributed by atoms with van der Waals surface area (Å²) < 4.78 is 96.2. The van der Waals surface area contributed by atoms with E-state index in [1.165, 1.54) is 30.5 Å². The first-order valence-corrected chi connectivity index (χ1v) is 19.2. The molecular weight excluding hydrogens is 783 g/mol. The largest absolute Gasteiger partial charge is 0.408 e. The standard InChI is InChI=1S/C34H34ClF5N6O6S2/c1-33(2,53(3)51)10-9-22-5-6-24(29(42-22)27(41-18-49)13-19-11-20(36)14-21(37)12-19)25-7-8-26(35)28-30(25)45(17-34(38,39)40)44-31(28)46(54(4)52)32(50)43-23(15-47)16-48/h5-8,11-12,14,18,23,27,47-48H,13,15-17H2,1-4H3,(H,41,49)(H,43,50). The Hall–Kier alpha value is -4.48. The van der Waals surface area contributed by atoms with Gasteiger partial charge in [-0.15, -0.1) is 0 Å². The van der Waals surface area contributed by atoms with Crippen LogP contribution in [-0.4, -0.2) is 88.5 Å². The predicted molar refractivity (Wildman–Crippen MR) is 194 cm³/mol. The molecule has 4 rings (SSSR count). The third kappa shape index (κ3) is 9.98. The molecule has 0 spiro atoms. The molecule has 3 unspecified atom stereocenters. The summed E-state index contributed by atoms with van der Waals surface area (Å²) >= 11 is 6.58. The van der Waals surface area contributed by atoms with Gasteiger partial charge in [0.15, 0.2) is 5.82 Å². The van der Waals surface area contributed by atoms with E-state index in [1.807, 2.05) is 0 Å². The van der Waals surface area contributed by atoms with Crippen LogP contribution in [0.25, 0.3) is 22.0 Å². The maximum Gasteiger partial charge on any atom is 0.408 e. The average Bonchev–Trinajstić information content (AvgIpc) is 3.43. The molecule has 0 aliphatic rings. The van der Waals surface area contributed by atoms with Crippen molar-refractivity contribution in [3.8, 4) is 23.0 Å². The molecule has 4 aromatic rings. The number of carbonyl (C=O) groups is 2. The van der Waals surface area contributed by atoms with Gasteiger partial charge in [-0.05, 0) is 62.1 Å². The van der Waals surface area contributed by atoms with Gasteiger partial charge < -0.3 is 20.8 Å². The van der Waals surface area contributed by atoms with E-state index in [0.29, 0.717) is 21.5 Å². The van der Waals surface area contributed by atoms with E-state index >= 15 is 0 Å². The summed E-state index contributed by atoms with van der Waals surface area (Å²) in [4.78, 5) is 29.9. The van der Waals surface area contributed by atoms with Crippen molar-refractivity contribution >= 4 is 62.5 Å². The number of hydrogen-bond acceptors (Lipinski definition) is 8. The van der Waals surface area contributed by atoms with E-state index in [-0.39, 0.29) is 50.4 Å². The molecule has 0 saturated carbocycles. The number of benzene rings is 2. The Morgan fingerprint density at radius 1 is 1.06 bits per heavy atom. The number of hydrogen-bond donors (Lipinski definition) is 4. The predicted octanol–water partition coefficient (Wildman–Crippen LogP) is 4.29. The van der Waals surface area contributed by atoms with Gasteiger partial charge in [-0.3, -0.25) is 13.7 Å². The van der Waals surface area contributed by atoms with E-state index in [4.69, 9.17) is 11.6 Å². The molecule has 2 aromatic carbocycles. The molecule has 0 fully saturated rings. The number of aromatic nitrogens is 3. The first-order chi connectivity index (χ1) is 25.3. The van der Waals surface area contributed by atoms with E-state index in [0.717, 1.165) is 18.4 Å². The number of carbonyl (C=O) groups excluding carboxylic acids is 2. The molecule has 2 aromatic heterocycles. The second-order valence-electron chi connectivity index (χ2n) is 12.3. The summed E-state index contributed by atoms with van der Waals surface area (Å²) in [6.45, 7) is 0.0640. The fourth-order valence-electron chi connectivity index (χ4n) is 5.23. The highest BCUT2D eigenvalue weighted by atomic mass is 35.5. The Balaban J connectivity index is 2.09. The minimum atomic E-state index is -4.90. The Labute approximate surface area is 316 Å². The fourth-order valence-corrected chi connectivity index (χ4v) is 6.32. The highest BCUT2D eigenvalue weighted by molar-refractivity contribution is 7.86. The van der Waals surface area contributed by atoms with Gasteiger partial charge in [0.25, 0.3) is 0 Å². The maximum absolute atomic E-state index is 14.3. The number of halogens is 6. The molecule has 12 nitrogen and oxygen atoms in total. The molecule has 0 radical (unpaired) electrons. The van der Waals surface area contributed by atoms with Crippen LogP contribution in [0.1, 0.15) is 36.8 Å². The minimum Gasteiger partial charge on any atom is -0.394 e. The molecule has 3 amide bonds. The number of amides is 3. The number of aliphatic hydroxyl groups is 2. The Bertz CT molecular complexity index is 2150. The number of alkyl halides is 3. The molecule has 54 heavy (non-hydrogen) atoms. The van der Waals surface area contributed by atoms with Crippen LogP contribution in [0.5, 0.6) is 0 Å². The molecule has 4 N–H and O–H groups in total. The molecule has 2 heterocycles. The number of nitrogens with zero attached hydrogens (tertiary/aromatic N) is 4. The van der Waals surface area contributed by atoms with E-state index in [9.17, 15) is 50.2 Å². The first kappa shape index (κ1) is 42.3. The lowest BCUT2D eigenvalue weighted by Gasteiger charge is -2.22. The molecule has 290 valence electrons. The third-order valence-corrected chi connectivity index (χ3v) is 10.6. The van der Waals surface area contributed by atoms with Gasteiger partial charge in [0.2, 0.25) is 6.41 Å². The summed E-state index contributed by atoms with van der Waals surface area (Å²) in [6, 6.07) is 4.55. The topological polar surface area (TPSA) is 167 Å². The van der Waals surface area contributed by atoms with Crippen molar-refractivity contribution in [1.82, 2.24) is 25.4 Å². The van der Waals surface area contributed by atoms with Crippen molar-refractivity contribution in [2.75, 3.05) is 30.0 Å². The number of pyridine rings is 1. The Kier molecular flexibility index (Phi) is 13.6. The Morgan fingerprint density at radius 3 is 2.24 bits per heavy atom. The Morgan fingerprint density at radius 2 is 1.69 bits per heavy atom. The zero-order valence-corrected chi connectivity index (χ0v) is 31.4. The van der Waals surface area contributed by atoms with Gasteiger partial charge in [-0.2, -0.15) is 22.6 Å². The van der Waals surface area contributed by atoms with Crippen LogP contribution in [0.3, 0.4) is 0 Å². The lowest BCUT2D eigenvalue weighted by molar-refractivity contribution is -0.141. The summed E-state index contributed by atoms with van der Waals surface area (Å²) in [7, 11) is -3.70. The molecule has 20 heteroatoms. The molecular formula is C34H34ClF5N6O6S2. The highest BCUT2D eigenvalue weighted by Gasteiger charge is 2.35. The summed E-state index contributed by atoms with van der Waals surface area (Å²) in [6.07, 6.45) is -2.36. The number of aliphatic hydroxyl groups excluding tert-OH is 2. The average molecular weight is 817 g/mol.